The van der Waals surface area contributed by atoms with Gasteiger partial charge in [0.15, 0.2) is 0 Å². The topological polar surface area (TPSA) is 158 Å². The van der Waals surface area contributed by atoms with E-state index in [1.54, 1.807) is 0 Å². The van der Waals surface area contributed by atoms with Crippen molar-refractivity contribution in [2.75, 3.05) is 0 Å². The van der Waals surface area contributed by atoms with Gasteiger partial charge in [0.25, 0.3) is 0 Å². The number of rotatable bonds is 0. The summed E-state index contributed by atoms with van der Waals surface area (Å²) < 4.78 is 0. The number of aryl methyl sites for hydroxylation is 1. The Morgan fingerprint density at radius 2 is 0.800 bits per heavy atom. The van der Waals surface area contributed by atoms with E-state index in [1.807, 2.05) is 24.3 Å². The zero-order valence-electron chi connectivity index (χ0n) is 8.53. The van der Waals surface area contributed by atoms with E-state index in [4.69, 9.17) is 0 Å². The van der Waals surface area contributed by atoms with Gasteiger partial charge in [-0.3, -0.25) is 0 Å². The van der Waals surface area contributed by atoms with Crippen LogP contribution in [0.4, 0.5) is 0 Å². The van der Waals surface area contributed by atoms with Crippen molar-refractivity contribution in [2.24, 2.45) is 6.26 Å². The first kappa shape index (κ1) is 29.2. The summed E-state index contributed by atoms with van der Waals surface area (Å²) in [5, 5.41) is 4.39. The van der Waals surface area contributed by atoms with Crippen LogP contribution in [0, 0.1) is 0 Å². The van der Waals surface area contributed by atoms with Crippen LogP contribution in [0.5, 0.6) is 0 Å². The summed E-state index contributed by atoms with van der Waals surface area (Å²) in [6, 6.07) is 12.3. The Bertz CT molecular complexity index is 226. The maximum Gasteiger partial charge on any atom is 0.137 e. The van der Waals surface area contributed by atoms with E-state index in [2.05, 4.69) is 29.1 Å². The highest BCUT2D eigenvalue weighted by molar-refractivity contribution is 7.26. The Morgan fingerprint density at radius 3 is 1.13 bits per heavy atom. The summed E-state index contributed by atoms with van der Waals surface area (Å²) in [5.41, 5.74) is 0. The van der Waals surface area contributed by atoms with Crippen LogP contribution in [-0.4, -0.2) is 27.4 Å². The smallest absolute Gasteiger partial charge is 0.137 e. The summed E-state index contributed by atoms with van der Waals surface area (Å²) in [6.45, 7) is 0. The number of hydrogen-bond donors (Lipinski definition) is 0. The Hall–Kier alpha value is -1.02. The molecule has 0 aliphatic rings. The highest BCUT2D eigenvalue weighted by Crippen LogP contribution is 2.05. The van der Waals surface area contributed by atoms with Crippen LogP contribution in [0.2, 0.25) is 0 Å². The first-order valence-electron chi connectivity index (χ1n) is 3.21. The van der Waals surface area contributed by atoms with Gasteiger partial charge in [0.1, 0.15) is 17.0 Å². The molecular formula is C9H21O5S+. The second-order valence-electron chi connectivity index (χ2n) is 2.03. The average molecular weight is 241 g/mol. The van der Waals surface area contributed by atoms with Crippen LogP contribution in [0.3, 0.4) is 0 Å². The standard InChI is InChI=1S/C9H11S.5H2O/c1-10-8-6-4-2-3-5-7-9-10;;;;;/h2-9H,1H3;5*1H2/q+1;;;;;. The molecule has 0 unspecified atom stereocenters. The highest BCUT2D eigenvalue weighted by atomic mass is 32.2. The van der Waals surface area contributed by atoms with E-state index >= 15 is 0 Å². The van der Waals surface area contributed by atoms with Gasteiger partial charge in [-0.25, -0.2) is 0 Å². The lowest BCUT2D eigenvalue weighted by Gasteiger charge is -1.67. The molecule has 0 saturated heterocycles. The van der Waals surface area contributed by atoms with Gasteiger partial charge in [0.05, 0.1) is 0 Å². The maximum absolute atomic E-state index is 2.19. The second-order valence-corrected chi connectivity index (χ2v) is 3.79. The van der Waals surface area contributed by atoms with E-state index in [9.17, 15) is 0 Å². The summed E-state index contributed by atoms with van der Waals surface area (Å²) in [5.74, 6) is 0. The third kappa shape index (κ3) is 15.7. The summed E-state index contributed by atoms with van der Waals surface area (Å²) in [6.07, 6.45) is 2.19. The van der Waals surface area contributed by atoms with Crippen LogP contribution in [0.25, 0.3) is 0 Å². The molecule has 0 spiro atoms. The molecule has 10 N–H and O–H groups in total. The van der Waals surface area contributed by atoms with E-state index in [0.717, 1.165) is 0 Å². The molecular weight excluding hydrogens is 220 g/mol. The molecule has 1 rings (SSSR count). The van der Waals surface area contributed by atoms with Gasteiger partial charge < -0.3 is 27.4 Å². The zero-order valence-corrected chi connectivity index (χ0v) is 9.34. The van der Waals surface area contributed by atoms with Crippen LogP contribution >= 0.6 is 10.5 Å². The van der Waals surface area contributed by atoms with Gasteiger partial charge in [-0.05, 0) is 22.6 Å². The summed E-state index contributed by atoms with van der Waals surface area (Å²) >= 11 is 0. The minimum atomic E-state index is 0. The molecule has 0 radical (unpaired) electrons. The molecule has 1 aromatic heterocycles. The lowest BCUT2D eigenvalue weighted by atomic mass is 10.5. The molecule has 6 heteroatoms. The molecule has 0 atom stereocenters. The zero-order chi connectivity index (χ0) is 7.23. The van der Waals surface area contributed by atoms with Gasteiger partial charge in [-0.1, -0.05) is 24.3 Å². The van der Waals surface area contributed by atoms with E-state index in [0.29, 0.717) is 10.5 Å². The Kier molecular flexibility index (Phi) is 36.4. The third-order valence-corrected chi connectivity index (χ3v) is 2.31. The van der Waals surface area contributed by atoms with Crippen LogP contribution < -0.4 is 0 Å². The van der Waals surface area contributed by atoms with Crippen molar-refractivity contribution >= 4 is 10.5 Å². The molecule has 0 aromatic carbocycles. The molecule has 0 aliphatic carbocycles. The van der Waals surface area contributed by atoms with Crippen molar-refractivity contribution in [2.45, 2.75) is 0 Å². The molecule has 92 valence electrons. The van der Waals surface area contributed by atoms with E-state index in [-0.39, 0.29) is 27.4 Å². The van der Waals surface area contributed by atoms with Crippen molar-refractivity contribution in [3.05, 3.63) is 47.2 Å². The summed E-state index contributed by atoms with van der Waals surface area (Å²) in [4.78, 5) is 0. The predicted octanol–water partition coefficient (Wildman–Crippen LogP) is -1.03. The number of hydrogen-bond acceptors (Lipinski definition) is 0. The molecule has 0 amide bonds. The van der Waals surface area contributed by atoms with Crippen molar-refractivity contribution in [1.29, 1.82) is 0 Å². The Morgan fingerprint density at radius 1 is 0.533 bits per heavy atom. The minimum Gasteiger partial charge on any atom is -0.412 e. The first-order valence-corrected chi connectivity index (χ1v) is 4.97. The van der Waals surface area contributed by atoms with Crippen molar-refractivity contribution in [3.8, 4) is 0 Å². The molecule has 1 heterocycles. The summed E-state index contributed by atoms with van der Waals surface area (Å²) in [7, 11) is 0.307. The van der Waals surface area contributed by atoms with Gasteiger partial charge in [-0.15, -0.1) is 0 Å². The van der Waals surface area contributed by atoms with Gasteiger partial charge in [0.2, 0.25) is 0 Å². The monoisotopic (exact) mass is 241 g/mol. The van der Waals surface area contributed by atoms with Crippen LogP contribution in [0.1, 0.15) is 0 Å². The maximum atomic E-state index is 2.19. The molecule has 15 heavy (non-hydrogen) atoms. The third-order valence-electron chi connectivity index (χ3n) is 1.14. The second kappa shape index (κ2) is 18.7. The Balaban J connectivity index is -0.0000000667. The molecule has 1 aromatic rings. The fraction of sp³-hybridized carbons (Fsp3) is 0.111. The largest absolute Gasteiger partial charge is 0.412 e. The van der Waals surface area contributed by atoms with E-state index in [1.165, 1.54) is 0 Å². The Labute approximate surface area is 91.9 Å². The van der Waals surface area contributed by atoms with Crippen molar-refractivity contribution in [3.63, 3.8) is 0 Å². The van der Waals surface area contributed by atoms with Crippen molar-refractivity contribution in [1.82, 2.24) is 0 Å². The fourth-order valence-electron chi connectivity index (χ4n) is 0.641. The SMILES string of the molecule is C[s+]1cccccccc1.O.O.O.O.O. The molecule has 0 fully saturated rings. The minimum absolute atomic E-state index is 0. The normalized spacial score (nSPS) is 5.67. The van der Waals surface area contributed by atoms with Crippen LogP contribution in [0.15, 0.2) is 47.2 Å². The predicted molar refractivity (Wildman–Crippen MR) is 65.6 cm³/mol. The molecule has 0 bridgehead atoms. The van der Waals surface area contributed by atoms with E-state index < -0.39 is 0 Å². The molecule has 0 saturated carbocycles. The van der Waals surface area contributed by atoms with Gasteiger partial charge in [0, 0.05) is 0 Å². The molecule has 5 nitrogen and oxygen atoms in total. The van der Waals surface area contributed by atoms with Gasteiger partial charge in [-0.2, -0.15) is 0 Å². The fourth-order valence-corrected chi connectivity index (χ4v) is 1.41. The first-order chi connectivity index (χ1) is 4.89. The van der Waals surface area contributed by atoms with Gasteiger partial charge >= 0.3 is 0 Å². The van der Waals surface area contributed by atoms with Crippen molar-refractivity contribution < 1.29 is 27.4 Å². The lowest BCUT2D eigenvalue weighted by Crippen LogP contribution is -1.45. The highest BCUT2D eigenvalue weighted by Gasteiger charge is 1.79. The average Bonchev–Trinajstić information content (AvgIpc) is 2.02. The molecule has 0 aliphatic heterocycles. The lowest BCUT2D eigenvalue weighted by molar-refractivity contribution is 0.823. The van der Waals surface area contributed by atoms with Crippen LogP contribution in [-0.2, 0) is 6.26 Å². The quantitative estimate of drug-likeness (QED) is 0.509.